The van der Waals surface area contributed by atoms with Gasteiger partial charge in [-0.3, -0.25) is 4.79 Å². The van der Waals surface area contributed by atoms with Gasteiger partial charge in [0.25, 0.3) is 0 Å². The summed E-state index contributed by atoms with van der Waals surface area (Å²) in [4.78, 5) is 11.9. The molecule has 23 heavy (non-hydrogen) atoms. The van der Waals surface area contributed by atoms with Crippen LogP contribution in [0.25, 0.3) is 6.08 Å². The van der Waals surface area contributed by atoms with Gasteiger partial charge in [-0.1, -0.05) is 43.6 Å². The second-order valence-corrected chi connectivity index (χ2v) is 5.98. The molecule has 4 heteroatoms. The lowest BCUT2D eigenvalue weighted by Gasteiger charge is -2.09. The first-order valence-electron chi connectivity index (χ1n) is 7.51. The van der Waals surface area contributed by atoms with Gasteiger partial charge >= 0.3 is 0 Å². The van der Waals surface area contributed by atoms with Crippen molar-refractivity contribution < 1.29 is 9.53 Å². The molecule has 0 fully saturated rings. The van der Waals surface area contributed by atoms with Crippen molar-refractivity contribution in [3.8, 4) is 5.75 Å². The summed E-state index contributed by atoms with van der Waals surface area (Å²) in [6, 6.07) is 14.7. The Bertz CT molecular complexity index is 678. The number of benzene rings is 2. The summed E-state index contributed by atoms with van der Waals surface area (Å²) >= 11 is 6.04. The van der Waals surface area contributed by atoms with Crippen molar-refractivity contribution in [2.75, 3.05) is 11.9 Å². The second-order valence-electron chi connectivity index (χ2n) is 5.57. The highest BCUT2D eigenvalue weighted by atomic mass is 35.5. The summed E-state index contributed by atoms with van der Waals surface area (Å²) in [6.45, 7) is 4.87. The highest BCUT2D eigenvalue weighted by Crippen LogP contribution is 2.18. The molecular weight excluding hydrogens is 310 g/mol. The number of carbonyl (C=O) groups excluding carboxylic acids is 1. The van der Waals surface area contributed by atoms with E-state index in [0.717, 1.165) is 17.0 Å². The van der Waals surface area contributed by atoms with Crippen molar-refractivity contribution in [3.05, 3.63) is 65.2 Å². The van der Waals surface area contributed by atoms with Crippen LogP contribution in [0.3, 0.4) is 0 Å². The number of anilines is 1. The molecular formula is C19H20ClNO2. The molecule has 3 nitrogen and oxygen atoms in total. The molecule has 0 atom stereocenters. The van der Waals surface area contributed by atoms with Gasteiger partial charge in [-0.15, -0.1) is 0 Å². The Morgan fingerprint density at radius 3 is 2.52 bits per heavy atom. The molecule has 0 radical (unpaired) electrons. The minimum absolute atomic E-state index is 0.208. The molecule has 2 rings (SSSR count). The predicted octanol–water partition coefficient (Wildman–Crippen LogP) is 5.03. The van der Waals surface area contributed by atoms with Crippen molar-refractivity contribution in [2.45, 2.75) is 13.8 Å². The Morgan fingerprint density at radius 2 is 1.87 bits per heavy atom. The minimum atomic E-state index is -0.208. The maximum Gasteiger partial charge on any atom is 0.248 e. The average molecular weight is 330 g/mol. The van der Waals surface area contributed by atoms with Crippen molar-refractivity contribution in [1.29, 1.82) is 0 Å². The molecule has 1 amide bonds. The van der Waals surface area contributed by atoms with E-state index in [1.165, 1.54) is 6.08 Å². The molecule has 0 saturated carbocycles. The fourth-order valence-electron chi connectivity index (χ4n) is 1.86. The first-order chi connectivity index (χ1) is 11.0. The van der Waals surface area contributed by atoms with Gasteiger partial charge in [-0.25, -0.2) is 0 Å². The van der Waals surface area contributed by atoms with Crippen LogP contribution < -0.4 is 10.1 Å². The van der Waals surface area contributed by atoms with Crippen molar-refractivity contribution in [3.63, 3.8) is 0 Å². The summed E-state index contributed by atoms with van der Waals surface area (Å²) in [5.41, 5.74) is 1.53. The Kier molecular flexibility index (Phi) is 6.24. The van der Waals surface area contributed by atoms with Gasteiger partial charge in [0.1, 0.15) is 5.75 Å². The zero-order valence-corrected chi connectivity index (χ0v) is 14.0. The topological polar surface area (TPSA) is 38.3 Å². The zero-order valence-electron chi connectivity index (χ0n) is 13.3. The lowest BCUT2D eigenvalue weighted by Crippen LogP contribution is -2.08. The Morgan fingerprint density at radius 1 is 1.17 bits per heavy atom. The number of hydrogen-bond acceptors (Lipinski definition) is 2. The van der Waals surface area contributed by atoms with Crippen LogP contribution in [-0.2, 0) is 4.79 Å². The molecule has 0 bridgehead atoms. The van der Waals surface area contributed by atoms with Crippen LogP contribution in [0.5, 0.6) is 5.75 Å². The van der Waals surface area contributed by atoms with E-state index in [2.05, 4.69) is 19.2 Å². The maximum absolute atomic E-state index is 11.9. The van der Waals surface area contributed by atoms with Gasteiger partial charge in [0.05, 0.1) is 6.61 Å². The van der Waals surface area contributed by atoms with E-state index in [1.54, 1.807) is 12.1 Å². The van der Waals surface area contributed by atoms with E-state index in [1.807, 2.05) is 42.5 Å². The number of amides is 1. The van der Waals surface area contributed by atoms with Crippen molar-refractivity contribution in [1.82, 2.24) is 0 Å². The van der Waals surface area contributed by atoms with Crippen LogP contribution >= 0.6 is 11.6 Å². The van der Waals surface area contributed by atoms with Gasteiger partial charge in [-0.2, -0.15) is 0 Å². The summed E-state index contributed by atoms with van der Waals surface area (Å²) < 4.78 is 5.60. The molecule has 2 aromatic carbocycles. The first kappa shape index (κ1) is 17.1. The molecule has 1 N–H and O–H groups in total. The van der Waals surface area contributed by atoms with Crippen LogP contribution in [0.15, 0.2) is 54.6 Å². The molecule has 0 heterocycles. The van der Waals surface area contributed by atoms with Gasteiger partial charge in [0, 0.05) is 16.8 Å². The van der Waals surface area contributed by atoms with E-state index in [0.29, 0.717) is 17.5 Å². The Labute approximate surface area is 141 Å². The van der Waals surface area contributed by atoms with Gasteiger partial charge < -0.3 is 10.1 Å². The molecule has 0 saturated heterocycles. The summed E-state index contributed by atoms with van der Waals surface area (Å²) in [7, 11) is 0. The van der Waals surface area contributed by atoms with Gasteiger partial charge in [0.15, 0.2) is 0 Å². The average Bonchev–Trinajstić information content (AvgIpc) is 2.53. The smallest absolute Gasteiger partial charge is 0.248 e. The Balaban J connectivity index is 1.91. The lowest BCUT2D eigenvalue weighted by molar-refractivity contribution is -0.111. The quantitative estimate of drug-likeness (QED) is 0.755. The van der Waals surface area contributed by atoms with Gasteiger partial charge in [0.2, 0.25) is 5.91 Å². The number of halogens is 1. The standard InChI is InChI=1S/C19H20ClNO2/c1-14(2)13-23-17-10-8-16(9-11-17)21-19(22)12-7-15-5-3-4-6-18(15)20/h3-12,14H,13H2,1-2H3,(H,21,22)/b12-7+. The van der Waals surface area contributed by atoms with Gasteiger partial charge in [-0.05, 0) is 47.9 Å². The lowest BCUT2D eigenvalue weighted by atomic mass is 10.2. The molecule has 0 aliphatic rings. The molecule has 0 aromatic heterocycles. The highest BCUT2D eigenvalue weighted by Gasteiger charge is 2.01. The normalized spacial score (nSPS) is 11.0. The third-order valence-corrected chi connectivity index (χ3v) is 3.37. The van der Waals surface area contributed by atoms with Crippen molar-refractivity contribution in [2.24, 2.45) is 5.92 Å². The van der Waals surface area contributed by atoms with Crippen LogP contribution in [0.4, 0.5) is 5.69 Å². The SMILES string of the molecule is CC(C)COc1ccc(NC(=O)/C=C/c2ccccc2Cl)cc1. The van der Waals surface area contributed by atoms with E-state index >= 15 is 0 Å². The predicted molar refractivity (Wildman–Crippen MR) is 95.9 cm³/mol. The van der Waals surface area contributed by atoms with E-state index in [4.69, 9.17) is 16.3 Å². The molecule has 0 aliphatic carbocycles. The third-order valence-electron chi connectivity index (χ3n) is 3.02. The van der Waals surface area contributed by atoms with Crippen LogP contribution in [-0.4, -0.2) is 12.5 Å². The Hall–Kier alpha value is -2.26. The van der Waals surface area contributed by atoms with E-state index in [-0.39, 0.29) is 5.91 Å². The van der Waals surface area contributed by atoms with Crippen LogP contribution in [0.2, 0.25) is 5.02 Å². The highest BCUT2D eigenvalue weighted by molar-refractivity contribution is 6.32. The van der Waals surface area contributed by atoms with Crippen molar-refractivity contribution >= 4 is 29.3 Å². The first-order valence-corrected chi connectivity index (χ1v) is 7.89. The minimum Gasteiger partial charge on any atom is -0.493 e. The second kappa shape index (κ2) is 8.39. The summed E-state index contributed by atoms with van der Waals surface area (Å²) in [5.74, 6) is 1.06. The molecule has 0 unspecified atom stereocenters. The summed E-state index contributed by atoms with van der Waals surface area (Å²) in [6.07, 6.45) is 3.15. The number of hydrogen-bond donors (Lipinski definition) is 1. The molecule has 120 valence electrons. The number of ether oxygens (including phenoxy) is 1. The fourth-order valence-corrected chi connectivity index (χ4v) is 2.06. The molecule has 0 spiro atoms. The maximum atomic E-state index is 11.9. The van der Waals surface area contributed by atoms with E-state index < -0.39 is 0 Å². The largest absolute Gasteiger partial charge is 0.493 e. The van der Waals surface area contributed by atoms with Crippen LogP contribution in [0.1, 0.15) is 19.4 Å². The summed E-state index contributed by atoms with van der Waals surface area (Å²) in [5, 5.41) is 3.41. The molecule has 2 aromatic rings. The van der Waals surface area contributed by atoms with Crippen LogP contribution in [0, 0.1) is 5.92 Å². The monoisotopic (exact) mass is 329 g/mol. The number of nitrogens with one attached hydrogen (secondary N) is 1. The van der Waals surface area contributed by atoms with E-state index in [9.17, 15) is 4.79 Å². The third kappa shape index (κ3) is 5.80. The number of rotatable bonds is 6. The zero-order chi connectivity index (χ0) is 16.7. The molecule has 0 aliphatic heterocycles. The fraction of sp³-hybridized carbons (Fsp3) is 0.211. The number of carbonyl (C=O) groups is 1.